The molecule has 3 rings (SSSR count). The van der Waals surface area contributed by atoms with Crippen molar-refractivity contribution in [1.82, 2.24) is 4.98 Å². The maximum Gasteiger partial charge on any atom is 0.311 e. The maximum absolute atomic E-state index is 11.0. The van der Waals surface area contributed by atoms with Gasteiger partial charge in [0.2, 0.25) is 5.82 Å². The van der Waals surface area contributed by atoms with E-state index < -0.39 is 4.92 Å². The van der Waals surface area contributed by atoms with Crippen LogP contribution in [0.25, 0.3) is 0 Å². The van der Waals surface area contributed by atoms with Gasteiger partial charge in [-0.3, -0.25) is 10.1 Å². The predicted octanol–water partition coefficient (Wildman–Crippen LogP) is 2.93. The summed E-state index contributed by atoms with van der Waals surface area (Å²) < 4.78 is 5.57. The largest absolute Gasteiger partial charge is 0.493 e. The third-order valence-electron chi connectivity index (χ3n) is 3.25. The fourth-order valence-corrected chi connectivity index (χ4v) is 2.31. The summed E-state index contributed by atoms with van der Waals surface area (Å²) in [6, 6.07) is 10.7. The summed E-state index contributed by atoms with van der Waals surface area (Å²) in [6.07, 6.45) is 2.28. The smallest absolute Gasteiger partial charge is 0.311 e. The number of anilines is 1. The lowest BCUT2D eigenvalue weighted by Gasteiger charge is -2.26. The van der Waals surface area contributed by atoms with Gasteiger partial charge in [0.1, 0.15) is 5.75 Å². The number of fused-ring (bicyclic) bond motifs is 1. The van der Waals surface area contributed by atoms with Gasteiger partial charge >= 0.3 is 5.69 Å². The van der Waals surface area contributed by atoms with Crippen LogP contribution in [0, 0.1) is 10.1 Å². The van der Waals surface area contributed by atoms with Crippen molar-refractivity contribution in [1.29, 1.82) is 0 Å². The molecule has 1 N–H and O–H groups in total. The van der Waals surface area contributed by atoms with E-state index in [4.69, 9.17) is 4.74 Å². The van der Waals surface area contributed by atoms with Crippen LogP contribution in [0.1, 0.15) is 18.0 Å². The molecular formula is C14H13N3O3. The number of nitro groups is 1. The van der Waals surface area contributed by atoms with E-state index in [1.165, 1.54) is 6.07 Å². The second kappa shape index (κ2) is 5.16. The van der Waals surface area contributed by atoms with Gasteiger partial charge < -0.3 is 10.1 Å². The van der Waals surface area contributed by atoms with Crippen molar-refractivity contribution in [2.24, 2.45) is 0 Å². The number of nitrogens with zero attached hydrogens (tertiary/aromatic N) is 2. The molecule has 1 aromatic heterocycles. The number of nitrogens with one attached hydrogen (secondary N) is 1. The number of hydrogen-bond donors (Lipinski definition) is 1. The quantitative estimate of drug-likeness (QED) is 0.686. The van der Waals surface area contributed by atoms with Crippen LogP contribution in [-0.2, 0) is 0 Å². The van der Waals surface area contributed by atoms with E-state index in [-0.39, 0.29) is 11.7 Å². The molecule has 0 saturated heterocycles. The second-order valence-electron chi connectivity index (χ2n) is 4.50. The van der Waals surface area contributed by atoms with E-state index in [2.05, 4.69) is 10.3 Å². The standard InChI is InChI=1S/C14H13N3O3/c18-17(19)12-5-3-8-15-14(12)16-11-7-9-20-13-6-2-1-4-10(11)13/h1-6,8,11H,7,9H2,(H,15,16)/t11-/m0/s1. The molecule has 20 heavy (non-hydrogen) atoms. The van der Waals surface area contributed by atoms with Crippen molar-refractivity contribution in [2.75, 3.05) is 11.9 Å². The molecule has 6 heteroatoms. The maximum atomic E-state index is 11.0. The molecule has 102 valence electrons. The van der Waals surface area contributed by atoms with Gasteiger partial charge in [-0.2, -0.15) is 0 Å². The lowest BCUT2D eigenvalue weighted by Crippen LogP contribution is -2.21. The Morgan fingerprint density at radius 2 is 2.15 bits per heavy atom. The summed E-state index contributed by atoms with van der Waals surface area (Å²) in [6.45, 7) is 0.579. The minimum atomic E-state index is -0.430. The van der Waals surface area contributed by atoms with Gasteiger partial charge in [-0.05, 0) is 12.1 Å². The molecule has 1 aliphatic rings. The SMILES string of the molecule is O=[N+]([O-])c1cccnc1N[C@H]1CCOc2ccccc21. The molecule has 6 nitrogen and oxygen atoms in total. The average molecular weight is 271 g/mol. The second-order valence-corrected chi connectivity index (χ2v) is 4.50. The Labute approximate surface area is 115 Å². The van der Waals surface area contributed by atoms with Crippen LogP contribution in [0.5, 0.6) is 5.75 Å². The topological polar surface area (TPSA) is 77.3 Å². The first-order valence-corrected chi connectivity index (χ1v) is 6.33. The van der Waals surface area contributed by atoms with Crippen LogP contribution in [0.2, 0.25) is 0 Å². The summed E-state index contributed by atoms with van der Waals surface area (Å²) in [5.41, 5.74) is 0.982. The molecule has 2 aromatic rings. The van der Waals surface area contributed by atoms with Crippen LogP contribution in [0.3, 0.4) is 0 Å². The lowest BCUT2D eigenvalue weighted by atomic mass is 10.0. The van der Waals surface area contributed by atoms with Crippen LogP contribution in [-0.4, -0.2) is 16.5 Å². The van der Waals surface area contributed by atoms with E-state index in [0.717, 1.165) is 17.7 Å². The summed E-state index contributed by atoms with van der Waals surface area (Å²) in [7, 11) is 0. The van der Waals surface area contributed by atoms with Gasteiger partial charge in [0.05, 0.1) is 17.6 Å². The van der Waals surface area contributed by atoms with E-state index in [0.29, 0.717) is 12.4 Å². The monoisotopic (exact) mass is 271 g/mol. The molecule has 0 radical (unpaired) electrons. The Hall–Kier alpha value is -2.63. The highest BCUT2D eigenvalue weighted by Gasteiger charge is 2.24. The minimum absolute atomic E-state index is 0.0172. The zero-order chi connectivity index (χ0) is 13.9. The highest BCUT2D eigenvalue weighted by atomic mass is 16.6. The minimum Gasteiger partial charge on any atom is -0.493 e. The number of para-hydroxylation sites is 1. The van der Waals surface area contributed by atoms with Crippen molar-refractivity contribution >= 4 is 11.5 Å². The average Bonchev–Trinajstić information content (AvgIpc) is 2.48. The molecule has 0 amide bonds. The first-order chi connectivity index (χ1) is 9.75. The molecule has 2 heterocycles. The Balaban J connectivity index is 1.92. The summed E-state index contributed by atoms with van der Waals surface area (Å²) >= 11 is 0. The van der Waals surface area contributed by atoms with E-state index in [1.807, 2.05) is 24.3 Å². The van der Waals surface area contributed by atoms with Gasteiger partial charge in [-0.1, -0.05) is 18.2 Å². The number of aromatic nitrogens is 1. The first-order valence-electron chi connectivity index (χ1n) is 6.33. The molecule has 1 aliphatic heterocycles. The Morgan fingerprint density at radius 1 is 1.30 bits per heavy atom. The molecule has 0 saturated carbocycles. The van der Waals surface area contributed by atoms with Crippen LogP contribution in [0.4, 0.5) is 11.5 Å². The summed E-state index contributed by atoms with van der Waals surface area (Å²) in [4.78, 5) is 14.7. The lowest BCUT2D eigenvalue weighted by molar-refractivity contribution is -0.384. The van der Waals surface area contributed by atoms with Gasteiger partial charge in [0.25, 0.3) is 0 Å². The molecule has 1 aromatic carbocycles. The molecule has 0 spiro atoms. The number of hydrogen-bond acceptors (Lipinski definition) is 5. The van der Waals surface area contributed by atoms with E-state index >= 15 is 0 Å². The third-order valence-corrected chi connectivity index (χ3v) is 3.25. The van der Waals surface area contributed by atoms with Crippen molar-refractivity contribution in [2.45, 2.75) is 12.5 Å². The Bertz CT molecular complexity index is 645. The zero-order valence-electron chi connectivity index (χ0n) is 10.7. The highest BCUT2D eigenvalue weighted by Crippen LogP contribution is 2.35. The normalized spacial score (nSPS) is 16.9. The predicted molar refractivity (Wildman–Crippen MR) is 73.8 cm³/mol. The zero-order valence-corrected chi connectivity index (χ0v) is 10.7. The van der Waals surface area contributed by atoms with Gasteiger partial charge in [0.15, 0.2) is 0 Å². The first kappa shape index (κ1) is 12.4. The summed E-state index contributed by atoms with van der Waals surface area (Å²) in [5.74, 6) is 1.11. The van der Waals surface area contributed by atoms with E-state index in [9.17, 15) is 10.1 Å². The molecule has 1 atom stereocenters. The molecular weight excluding hydrogens is 258 g/mol. The van der Waals surface area contributed by atoms with Crippen LogP contribution in [0.15, 0.2) is 42.6 Å². The fraction of sp³-hybridized carbons (Fsp3) is 0.214. The Kier molecular flexibility index (Phi) is 3.20. The van der Waals surface area contributed by atoms with Crippen molar-refractivity contribution in [3.8, 4) is 5.75 Å². The fourth-order valence-electron chi connectivity index (χ4n) is 2.31. The van der Waals surface area contributed by atoms with E-state index in [1.54, 1.807) is 12.3 Å². The number of benzene rings is 1. The van der Waals surface area contributed by atoms with Crippen molar-refractivity contribution < 1.29 is 9.66 Å². The van der Waals surface area contributed by atoms with Gasteiger partial charge in [-0.25, -0.2) is 4.98 Å². The number of ether oxygens (including phenoxy) is 1. The van der Waals surface area contributed by atoms with Crippen molar-refractivity contribution in [3.05, 3.63) is 58.3 Å². The van der Waals surface area contributed by atoms with Gasteiger partial charge in [-0.15, -0.1) is 0 Å². The van der Waals surface area contributed by atoms with Crippen LogP contribution < -0.4 is 10.1 Å². The number of pyridine rings is 1. The molecule has 0 aliphatic carbocycles. The van der Waals surface area contributed by atoms with Gasteiger partial charge in [0, 0.05) is 24.2 Å². The third kappa shape index (κ3) is 2.27. The number of rotatable bonds is 3. The van der Waals surface area contributed by atoms with Crippen LogP contribution >= 0.6 is 0 Å². The van der Waals surface area contributed by atoms with Crippen molar-refractivity contribution in [3.63, 3.8) is 0 Å². The molecule has 0 unspecified atom stereocenters. The summed E-state index contributed by atoms with van der Waals surface area (Å²) in [5, 5.41) is 14.2. The highest BCUT2D eigenvalue weighted by molar-refractivity contribution is 5.57. The molecule has 0 bridgehead atoms. The molecule has 0 fully saturated rings. The Morgan fingerprint density at radius 3 is 3.00 bits per heavy atom.